The van der Waals surface area contributed by atoms with Crippen molar-refractivity contribution >= 4 is 0 Å². The smallest absolute Gasteiger partial charge is 0.121 e. The first-order valence-corrected chi connectivity index (χ1v) is 7.68. The van der Waals surface area contributed by atoms with Gasteiger partial charge in [0, 0.05) is 19.1 Å². The van der Waals surface area contributed by atoms with Crippen molar-refractivity contribution in [1.29, 1.82) is 0 Å². The number of ether oxygens (including phenoxy) is 1. The van der Waals surface area contributed by atoms with E-state index in [0.29, 0.717) is 6.04 Å². The molecule has 112 valence electrons. The fourth-order valence-corrected chi connectivity index (χ4v) is 2.97. The van der Waals surface area contributed by atoms with Gasteiger partial charge in [-0.3, -0.25) is 0 Å². The normalized spacial score (nSPS) is 19.8. The molecule has 0 radical (unpaired) electrons. The number of benzene rings is 1. The van der Waals surface area contributed by atoms with Crippen molar-refractivity contribution in [2.75, 3.05) is 26.7 Å². The van der Waals surface area contributed by atoms with Crippen LogP contribution >= 0.6 is 0 Å². The first-order valence-electron chi connectivity index (χ1n) is 7.68. The lowest BCUT2D eigenvalue weighted by Crippen LogP contribution is -2.30. The highest BCUT2D eigenvalue weighted by molar-refractivity contribution is 5.36. The number of hydrogen-bond acceptors (Lipinski definition) is 3. The van der Waals surface area contributed by atoms with E-state index in [0.717, 1.165) is 24.8 Å². The van der Waals surface area contributed by atoms with Crippen LogP contribution in [0, 0.1) is 12.8 Å². The molecular weight excluding hydrogens is 248 g/mol. The second-order valence-electron chi connectivity index (χ2n) is 6.18. The van der Waals surface area contributed by atoms with Crippen LogP contribution in [0.25, 0.3) is 0 Å². The molecule has 1 heterocycles. The highest BCUT2D eigenvalue weighted by atomic mass is 16.5. The van der Waals surface area contributed by atoms with Gasteiger partial charge in [0.15, 0.2) is 0 Å². The first kappa shape index (κ1) is 15.3. The Kier molecular flexibility index (Phi) is 5.44. The Morgan fingerprint density at radius 1 is 1.40 bits per heavy atom. The summed E-state index contributed by atoms with van der Waals surface area (Å²) in [5.41, 5.74) is 2.54. The molecule has 0 saturated carbocycles. The average molecular weight is 276 g/mol. The summed E-state index contributed by atoms with van der Waals surface area (Å²) in [5, 5.41) is 3.60. The Bertz CT molecular complexity index is 431. The van der Waals surface area contributed by atoms with Gasteiger partial charge in [0.05, 0.1) is 7.11 Å². The van der Waals surface area contributed by atoms with Crippen LogP contribution in [0.5, 0.6) is 5.75 Å². The Morgan fingerprint density at radius 3 is 2.80 bits per heavy atom. The van der Waals surface area contributed by atoms with Gasteiger partial charge >= 0.3 is 0 Å². The van der Waals surface area contributed by atoms with E-state index in [9.17, 15) is 0 Å². The van der Waals surface area contributed by atoms with Gasteiger partial charge in [-0.2, -0.15) is 0 Å². The number of aryl methyl sites for hydroxylation is 1. The highest BCUT2D eigenvalue weighted by Crippen LogP contribution is 2.19. The van der Waals surface area contributed by atoms with Crippen molar-refractivity contribution < 1.29 is 4.74 Å². The fourth-order valence-electron chi connectivity index (χ4n) is 2.97. The lowest BCUT2D eigenvalue weighted by molar-refractivity contribution is 0.264. The maximum atomic E-state index is 5.29. The zero-order valence-electron chi connectivity index (χ0n) is 13.3. The molecule has 1 unspecified atom stereocenters. The number of likely N-dealkylation sites (tertiary alicyclic amines) is 1. The minimum absolute atomic E-state index is 0.684. The number of methoxy groups -OCH3 is 1. The van der Waals surface area contributed by atoms with Crippen LogP contribution < -0.4 is 10.1 Å². The van der Waals surface area contributed by atoms with E-state index >= 15 is 0 Å². The molecule has 1 atom stereocenters. The van der Waals surface area contributed by atoms with Gasteiger partial charge in [0.25, 0.3) is 0 Å². The van der Waals surface area contributed by atoms with Crippen LogP contribution in [-0.4, -0.2) is 37.7 Å². The van der Waals surface area contributed by atoms with E-state index in [-0.39, 0.29) is 0 Å². The third-order valence-electron chi connectivity index (χ3n) is 4.27. The topological polar surface area (TPSA) is 24.5 Å². The molecule has 0 spiro atoms. The predicted molar refractivity (Wildman–Crippen MR) is 84.3 cm³/mol. The van der Waals surface area contributed by atoms with Crippen LogP contribution in [0.2, 0.25) is 0 Å². The zero-order valence-corrected chi connectivity index (χ0v) is 13.3. The van der Waals surface area contributed by atoms with Crippen LogP contribution in [0.3, 0.4) is 0 Å². The van der Waals surface area contributed by atoms with Crippen molar-refractivity contribution in [3.05, 3.63) is 29.3 Å². The molecule has 1 saturated heterocycles. The molecule has 1 aromatic carbocycles. The van der Waals surface area contributed by atoms with E-state index in [2.05, 4.69) is 49.2 Å². The molecule has 2 rings (SSSR count). The number of nitrogens with one attached hydrogen (secondary N) is 1. The van der Waals surface area contributed by atoms with Gasteiger partial charge < -0.3 is 15.0 Å². The fraction of sp³-hybridized carbons (Fsp3) is 0.647. The van der Waals surface area contributed by atoms with Crippen molar-refractivity contribution in [3.8, 4) is 5.75 Å². The molecule has 1 fully saturated rings. The SMILES string of the molecule is COc1ccc(CNCC2CCN(C(C)C)C2)cc1C. The minimum atomic E-state index is 0.684. The molecule has 3 nitrogen and oxygen atoms in total. The molecule has 0 aliphatic carbocycles. The molecule has 1 aliphatic rings. The Labute approximate surface area is 123 Å². The third kappa shape index (κ3) is 3.97. The lowest BCUT2D eigenvalue weighted by Gasteiger charge is -2.20. The quantitative estimate of drug-likeness (QED) is 0.864. The Hall–Kier alpha value is -1.06. The van der Waals surface area contributed by atoms with Crippen molar-refractivity contribution in [2.45, 2.75) is 39.8 Å². The van der Waals surface area contributed by atoms with Gasteiger partial charge in [0.1, 0.15) is 5.75 Å². The monoisotopic (exact) mass is 276 g/mol. The summed E-state index contributed by atoms with van der Waals surface area (Å²) in [6, 6.07) is 7.10. The average Bonchev–Trinajstić information content (AvgIpc) is 2.88. The van der Waals surface area contributed by atoms with E-state index in [4.69, 9.17) is 4.74 Å². The maximum absolute atomic E-state index is 5.29. The molecule has 1 aromatic rings. The summed E-state index contributed by atoms with van der Waals surface area (Å²) < 4.78 is 5.29. The number of nitrogens with zero attached hydrogens (tertiary/aromatic N) is 1. The first-order chi connectivity index (χ1) is 9.60. The summed E-state index contributed by atoms with van der Waals surface area (Å²) in [4.78, 5) is 2.57. The van der Waals surface area contributed by atoms with E-state index in [1.165, 1.54) is 30.6 Å². The van der Waals surface area contributed by atoms with Gasteiger partial charge in [0.2, 0.25) is 0 Å². The second kappa shape index (κ2) is 7.09. The summed E-state index contributed by atoms with van der Waals surface area (Å²) in [6.45, 7) is 11.2. The molecule has 1 aliphatic heterocycles. The molecule has 0 bridgehead atoms. The van der Waals surface area contributed by atoms with E-state index in [1.807, 2.05) is 0 Å². The van der Waals surface area contributed by atoms with Crippen LogP contribution in [0.15, 0.2) is 18.2 Å². The van der Waals surface area contributed by atoms with Crippen molar-refractivity contribution in [3.63, 3.8) is 0 Å². The van der Waals surface area contributed by atoms with E-state index < -0.39 is 0 Å². The van der Waals surface area contributed by atoms with E-state index in [1.54, 1.807) is 7.11 Å². The minimum Gasteiger partial charge on any atom is -0.496 e. The number of rotatable bonds is 6. The molecule has 3 heteroatoms. The van der Waals surface area contributed by atoms with Gasteiger partial charge in [-0.25, -0.2) is 0 Å². The molecular formula is C17H28N2O. The molecule has 1 N–H and O–H groups in total. The molecule has 0 aromatic heterocycles. The standard InChI is InChI=1S/C17H28N2O/c1-13(2)19-8-7-16(12-19)11-18-10-15-5-6-17(20-4)14(3)9-15/h5-6,9,13,16,18H,7-8,10-12H2,1-4H3. The second-order valence-corrected chi connectivity index (χ2v) is 6.18. The Balaban J connectivity index is 1.75. The van der Waals surface area contributed by atoms with Crippen LogP contribution in [-0.2, 0) is 6.54 Å². The van der Waals surface area contributed by atoms with Crippen molar-refractivity contribution in [1.82, 2.24) is 10.2 Å². The van der Waals surface area contributed by atoms with Gasteiger partial charge in [-0.15, -0.1) is 0 Å². The molecule has 0 amide bonds. The van der Waals surface area contributed by atoms with Crippen molar-refractivity contribution in [2.24, 2.45) is 5.92 Å². The summed E-state index contributed by atoms with van der Waals surface area (Å²) >= 11 is 0. The highest BCUT2D eigenvalue weighted by Gasteiger charge is 2.23. The van der Waals surface area contributed by atoms with Crippen LogP contribution in [0.4, 0.5) is 0 Å². The predicted octanol–water partition coefficient (Wildman–Crippen LogP) is 2.82. The van der Waals surface area contributed by atoms with Gasteiger partial charge in [-0.05, 0) is 63.4 Å². The maximum Gasteiger partial charge on any atom is 0.121 e. The zero-order chi connectivity index (χ0) is 14.5. The molecule has 20 heavy (non-hydrogen) atoms. The summed E-state index contributed by atoms with van der Waals surface area (Å²) in [7, 11) is 1.72. The third-order valence-corrected chi connectivity index (χ3v) is 4.27. The number of hydrogen-bond donors (Lipinski definition) is 1. The van der Waals surface area contributed by atoms with Gasteiger partial charge in [-0.1, -0.05) is 12.1 Å². The summed E-state index contributed by atoms with van der Waals surface area (Å²) in [6.07, 6.45) is 1.33. The lowest BCUT2D eigenvalue weighted by atomic mass is 10.1. The largest absolute Gasteiger partial charge is 0.496 e. The Morgan fingerprint density at radius 2 is 2.20 bits per heavy atom. The van der Waals surface area contributed by atoms with Crippen LogP contribution in [0.1, 0.15) is 31.4 Å². The summed E-state index contributed by atoms with van der Waals surface area (Å²) in [5.74, 6) is 1.77.